The summed E-state index contributed by atoms with van der Waals surface area (Å²) in [5, 5.41) is 16.3. The lowest BCUT2D eigenvalue weighted by atomic mass is 10.1. The predicted molar refractivity (Wildman–Crippen MR) is 129 cm³/mol. The Morgan fingerprint density at radius 3 is 2.33 bits per heavy atom. The minimum Gasteiger partial charge on any atom is -0.395 e. The molecular formula is C25H26N4O3S. The third-order valence-corrected chi connectivity index (χ3v) is 6.67. The molecule has 2 aromatic heterocycles. The molecule has 4 rings (SSSR count). The molecule has 1 unspecified atom stereocenters. The quantitative estimate of drug-likeness (QED) is 0.362. The molecule has 0 aliphatic carbocycles. The van der Waals surface area contributed by atoms with Crippen LogP contribution in [0.5, 0.6) is 0 Å². The van der Waals surface area contributed by atoms with Gasteiger partial charge in [-0.25, -0.2) is 4.98 Å². The van der Waals surface area contributed by atoms with E-state index in [1.165, 1.54) is 0 Å². The van der Waals surface area contributed by atoms with E-state index in [0.717, 1.165) is 21.6 Å². The Morgan fingerprint density at radius 2 is 1.64 bits per heavy atom. The van der Waals surface area contributed by atoms with Crippen molar-refractivity contribution < 1.29 is 13.8 Å². The number of nitrogens with one attached hydrogen (secondary N) is 1. The molecule has 0 amide bonds. The van der Waals surface area contributed by atoms with Gasteiger partial charge in [0.25, 0.3) is 0 Å². The maximum atomic E-state index is 12.3. The first-order valence-corrected chi connectivity index (χ1v) is 12.0. The molecule has 2 heterocycles. The van der Waals surface area contributed by atoms with Crippen LogP contribution in [0.15, 0.2) is 76.4 Å². The van der Waals surface area contributed by atoms with Crippen molar-refractivity contribution in [3.05, 3.63) is 72.6 Å². The predicted octanol–water partition coefficient (Wildman–Crippen LogP) is 4.06. The summed E-state index contributed by atoms with van der Waals surface area (Å²) in [7, 11) is -1.03. The molecule has 1 atom stereocenters. The van der Waals surface area contributed by atoms with Crippen LogP contribution in [0.1, 0.15) is 19.4 Å². The molecule has 170 valence electrons. The number of hydrogen-bond donors (Lipinski definition) is 2. The van der Waals surface area contributed by atoms with Crippen LogP contribution in [0.4, 0.5) is 0 Å². The van der Waals surface area contributed by atoms with E-state index in [0.29, 0.717) is 35.9 Å². The molecule has 0 saturated heterocycles. The normalized spacial score (nSPS) is 12.2. The van der Waals surface area contributed by atoms with Gasteiger partial charge >= 0.3 is 0 Å². The molecule has 4 aromatic rings. The van der Waals surface area contributed by atoms with Crippen LogP contribution in [0.2, 0.25) is 0 Å². The van der Waals surface area contributed by atoms with E-state index in [1.54, 1.807) is 12.4 Å². The zero-order chi connectivity index (χ0) is 23.2. The van der Waals surface area contributed by atoms with Crippen molar-refractivity contribution in [1.29, 1.82) is 0 Å². The number of benzene rings is 2. The highest BCUT2D eigenvalue weighted by Crippen LogP contribution is 2.27. The average Bonchev–Trinajstić information content (AvgIpc) is 3.35. The van der Waals surface area contributed by atoms with E-state index in [2.05, 4.69) is 20.4 Å². The summed E-state index contributed by atoms with van der Waals surface area (Å²) in [6, 6.07) is 17.4. The highest BCUT2D eigenvalue weighted by Gasteiger charge is 2.13. The van der Waals surface area contributed by atoms with E-state index in [1.807, 2.05) is 68.4 Å². The highest BCUT2D eigenvalue weighted by atomic mass is 32.2. The van der Waals surface area contributed by atoms with E-state index in [4.69, 9.17) is 9.63 Å². The van der Waals surface area contributed by atoms with Crippen LogP contribution in [-0.2, 0) is 17.3 Å². The van der Waals surface area contributed by atoms with Gasteiger partial charge in [-0.2, -0.15) is 0 Å². The maximum Gasteiger partial charge on any atom is 0.187 e. The van der Waals surface area contributed by atoms with E-state index in [-0.39, 0.29) is 11.9 Å². The Morgan fingerprint density at radius 1 is 0.970 bits per heavy atom. The third kappa shape index (κ3) is 5.60. The van der Waals surface area contributed by atoms with Gasteiger partial charge in [-0.05, 0) is 17.7 Å². The SMILES string of the molecule is CC(C)S(=O)c1ccc(-c2cncc(-c3cc(-c4ccc(CNCCO)cc4)no3)n2)cc1. The maximum absolute atomic E-state index is 12.3. The number of hydrogen-bond acceptors (Lipinski definition) is 7. The number of aliphatic hydroxyl groups excluding tert-OH is 1. The summed E-state index contributed by atoms with van der Waals surface area (Å²) >= 11 is 0. The molecule has 0 spiro atoms. The van der Waals surface area contributed by atoms with Gasteiger partial charge in [0.1, 0.15) is 11.4 Å². The molecule has 0 fully saturated rings. The van der Waals surface area contributed by atoms with Gasteiger partial charge in [0.2, 0.25) is 0 Å². The first-order valence-electron chi connectivity index (χ1n) is 10.8. The minimum absolute atomic E-state index is 0.0683. The molecule has 2 N–H and O–H groups in total. The lowest BCUT2D eigenvalue weighted by molar-refractivity contribution is 0.292. The molecule has 33 heavy (non-hydrogen) atoms. The van der Waals surface area contributed by atoms with Crippen LogP contribution >= 0.6 is 0 Å². The third-order valence-electron chi connectivity index (χ3n) is 5.08. The fourth-order valence-corrected chi connectivity index (χ4v) is 4.24. The van der Waals surface area contributed by atoms with Crippen LogP contribution in [0.3, 0.4) is 0 Å². The summed E-state index contributed by atoms with van der Waals surface area (Å²) in [6.07, 6.45) is 3.34. The van der Waals surface area contributed by atoms with Gasteiger partial charge in [0, 0.05) is 40.4 Å². The molecule has 0 aliphatic heterocycles. The second-order valence-electron chi connectivity index (χ2n) is 7.83. The number of aromatic nitrogens is 3. The number of nitrogens with zero attached hydrogens (tertiary/aromatic N) is 3. The summed E-state index contributed by atoms with van der Waals surface area (Å²) in [5.41, 5.74) is 4.95. The van der Waals surface area contributed by atoms with E-state index >= 15 is 0 Å². The summed E-state index contributed by atoms with van der Waals surface area (Å²) < 4.78 is 17.8. The molecular weight excluding hydrogens is 436 g/mol. The van der Waals surface area contributed by atoms with Crippen LogP contribution in [0.25, 0.3) is 34.0 Å². The van der Waals surface area contributed by atoms with Crippen LogP contribution < -0.4 is 5.32 Å². The Bertz CT molecular complexity index is 1220. The molecule has 0 radical (unpaired) electrons. The van der Waals surface area contributed by atoms with Crippen molar-refractivity contribution in [3.8, 4) is 34.0 Å². The molecule has 0 bridgehead atoms. The van der Waals surface area contributed by atoms with E-state index < -0.39 is 10.8 Å². The number of rotatable bonds is 9. The molecule has 7 nitrogen and oxygen atoms in total. The van der Waals surface area contributed by atoms with Gasteiger partial charge in [-0.1, -0.05) is 55.4 Å². The summed E-state index contributed by atoms with van der Waals surface area (Å²) in [4.78, 5) is 9.80. The second-order valence-corrected chi connectivity index (χ2v) is 9.84. The summed E-state index contributed by atoms with van der Waals surface area (Å²) in [5.74, 6) is 0.533. The lowest BCUT2D eigenvalue weighted by Crippen LogP contribution is -2.17. The van der Waals surface area contributed by atoms with Crippen molar-refractivity contribution in [1.82, 2.24) is 20.4 Å². The van der Waals surface area contributed by atoms with Gasteiger partial charge in [-0.3, -0.25) is 9.19 Å². The van der Waals surface area contributed by atoms with Gasteiger partial charge in [-0.15, -0.1) is 0 Å². The molecule has 0 saturated carbocycles. The van der Waals surface area contributed by atoms with Crippen LogP contribution in [0, 0.1) is 0 Å². The van der Waals surface area contributed by atoms with Gasteiger partial charge in [0.15, 0.2) is 5.76 Å². The zero-order valence-corrected chi connectivity index (χ0v) is 19.4. The Balaban J connectivity index is 1.51. The first-order chi connectivity index (χ1) is 16.0. The lowest BCUT2D eigenvalue weighted by Gasteiger charge is -2.07. The number of aliphatic hydroxyl groups is 1. The molecule has 8 heteroatoms. The average molecular weight is 463 g/mol. The topological polar surface area (TPSA) is 101 Å². The van der Waals surface area contributed by atoms with E-state index in [9.17, 15) is 4.21 Å². The summed E-state index contributed by atoms with van der Waals surface area (Å²) in [6.45, 7) is 5.26. The second kappa shape index (κ2) is 10.6. The van der Waals surface area contributed by atoms with Gasteiger partial charge in [0.05, 0.1) is 35.5 Å². The molecule has 2 aromatic carbocycles. The highest BCUT2D eigenvalue weighted by molar-refractivity contribution is 7.85. The van der Waals surface area contributed by atoms with Crippen LogP contribution in [-0.4, -0.2) is 42.8 Å². The first kappa shape index (κ1) is 23.0. The standard InChI is InChI=1S/C25H26N4O3S/c1-17(2)33(31)21-9-7-20(8-10-21)23-15-27-16-24(28-23)25-13-22(29-32-25)19-5-3-18(4-6-19)14-26-11-12-30/h3-10,13,15-17,26,30H,11-12,14H2,1-2H3. The van der Waals surface area contributed by atoms with Crippen molar-refractivity contribution in [3.63, 3.8) is 0 Å². The van der Waals surface area contributed by atoms with Gasteiger partial charge < -0.3 is 14.9 Å². The smallest absolute Gasteiger partial charge is 0.187 e. The zero-order valence-electron chi connectivity index (χ0n) is 18.6. The fraction of sp³-hybridized carbons (Fsp3) is 0.240. The fourth-order valence-electron chi connectivity index (χ4n) is 3.29. The Labute approximate surface area is 195 Å². The van der Waals surface area contributed by atoms with Crippen molar-refractivity contribution in [2.45, 2.75) is 30.5 Å². The Hall–Kier alpha value is -3.20. The Kier molecular flexibility index (Phi) is 7.39. The van der Waals surface area contributed by atoms with Crippen molar-refractivity contribution >= 4 is 10.8 Å². The minimum atomic E-state index is -1.03. The van der Waals surface area contributed by atoms with Crippen molar-refractivity contribution in [2.75, 3.05) is 13.2 Å². The molecule has 0 aliphatic rings. The van der Waals surface area contributed by atoms with Crippen molar-refractivity contribution in [2.24, 2.45) is 0 Å². The monoisotopic (exact) mass is 462 g/mol. The largest absolute Gasteiger partial charge is 0.395 e.